The Balaban J connectivity index is 2.08. The molecular weight excluding hydrogens is 266 g/mol. The normalized spacial score (nSPS) is 27.7. The fourth-order valence-electron chi connectivity index (χ4n) is 3.03. The molecule has 3 heteroatoms. The second-order valence-electron chi connectivity index (χ2n) is 5.63. The van der Waals surface area contributed by atoms with Crippen LogP contribution < -0.4 is 0 Å². The summed E-state index contributed by atoms with van der Waals surface area (Å²) in [6.45, 7) is 2.12. The van der Waals surface area contributed by atoms with Gasteiger partial charge in [0.15, 0.2) is 0 Å². The van der Waals surface area contributed by atoms with Gasteiger partial charge < -0.3 is 0 Å². The van der Waals surface area contributed by atoms with E-state index < -0.39 is 10.8 Å². The van der Waals surface area contributed by atoms with Gasteiger partial charge in [0.25, 0.3) is 0 Å². The van der Waals surface area contributed by atoms with Crippen molar-refractivity contribution in [3.63, 3.8) is 0 Å². The van der Waals surface area contributed by atoms with Gasteiger partial charge in [0, 0.05) is 16.6 Å². The summed E-state index contributed by atoms with van der Waals surface area (Å²) < 4.78 is 12.5. The van der Waals surface area contributed by atoms with Crippen molar-refractivity contribution in [3.05, 3.63) is 35.9 Å². The van der Waals surface area contributed by atoms with Crippen LogP contribution in [-0.4, -0.2) is 15.2 Å². The lowest BCUT2D eigenvalue weighted by molar-refractivity contribution is 0.387. The van der Waals surface area contributed by atoms with Crippen LogP contribution in [0.1, 0.15) is 50.5 Å². The van der Waals surface area contributed by atoms with Crippen molar-refractivity contribution < 1.29 is 4.21 Å². The van der Waals surface area contributed by atoms with Gasteiger partial charge in [-0.15, -0.1) is 0 Å². The molecule has 0 aliphatic heterocycles. The van der Waals surface area contributed by atoms with E-state index in [2.05, 4.69) is 37.3 Å². The molecule has 1 aliphatic rings. The molecular formula is C17H23NOS. The third-order valence-electron chi connectivity index (χ3n) is 4.27. The second kappa shape index (κ2) is 7.59. The van der Waals surface area contributed by atoms with Crippen LogP contribution in [0, 0.1) is 17.2 Å². The van der Waals surface area contributed by atoms with E-state index >= 15 is 0 Å². The summed E-state index contributed by atoms with van der Waals surface area (Å²) in [7, 11) is -0.853. The molecule has 108 valence electrons. The molecule has 1 aromatic carbocycles. The lowest BCUT2D eigenvalue weighted by atomic mass is 9.79. The maximum absolute atomic E-state index is 12.5. The first kappa shape index (κ1) is 15.3. The Hall–Kier alpha value is -1.14. The van der Waals surface area contributed by atoms with Crippen molar-refractivity contribution in [1.82, 2.24) is 0 Å². The molecule has 1 aromatic rings. The van der Waals surface area contributed by atoms with E-state index in [0.717, 1.165) is 37.9 Å². The van der Waals surface area contributed by atoms with Gasteiger partial charge in [-0.3, -0.25) is 4.21 Å². The summed E-state index contributed by atoms with van der Waals surface area (Å²) in [5.41, 5.74) is 1.33. The molecule has 0 radical (unpaired) electrons. The van der Waals surface area contributed by atoms with Crippen LogP contribution >= 0.6 is 0 Å². The first-order chi connectivity index (χ1) is 9.76. The smallest absolute Gasteiger partial charge is 0.0668 e. The lowest BCUT2D eigenvalue weighted by Gasteiger charge is -2.32. The first-order valence-corrected chi connectivity index (χ1v) is 8.96. The molecule has 0 spiro atoms. The predicted octanol–water partition coefficient (Wildman–Crippen LogP) is 4.01. The lowest BCUT2D eigenvalue weighted by Crippen LogP contribution is -2.32. The molecule has 2 rings (SSSR count). The number of rotatable bonds is 5. The first-order valence-electron chi connectivity index (χ1n) is 7.58. The van der Waals surface area contributed by atoms with Crippen LogP contribution in [-0.2, 0) is 10.8 Å². The van der Waals surface area contributed by atoms with Crippen molar-refractivity contribution in [2.45, 2.75) is 50.2 Å². The molecule has 0 bridgehead atoms. The van der Waals surface area contributed by atoms with Gasteiger partial charge in [-0.05, 0) is 37.2 Å². The highest BCUT2D eigenvalue weighted by atomic mass is 32.2. The third-order valence-corrected chi connectivity index (χ3v) is 6.15. The van der Waals surface area contributed by atoms with Crippen molar-refractivity contribution in [1.29, 1.82) is 5.26 Å². The minimum atomic E-state index is -0.853. The van der Waals surface area contributed by atoms with E-state index in [-0.39, 0.29) is 11.2 Å². The standard InChI is InChI=1S/C17H23NOS/c1-2-3-11-20(19)17-12-15(9-10-16(17)13-18)14-7-5-4-6-8-14/h4-8,15-17H,2-3,9-12H2,1H3. The molecule has 1 fully saturated rings. The summed E-state index contributed by atoms with van der Waals surface area (Å²) in [6.07, 6.45) is 4.90. The van der Waals surface area contributed by atoms with Crippen LogP contribution in [0.25, 0.3) is 0 Å². The Morgan fingerprint density at radius 2 is 2.05 bits per heavy atom. The summed E-state index contributed by atoms with van der Waals surface area (Å²) in [4.78, 5) is 0. The summed E-state index contributed by atoms with van der Waals surface area (Å²) in [5.74, 6) is 1.20. The number of hydrogen-bond acceptors (Lipinski definition) is 2. The fraction of sp³-hybridized carbons (Fsp3) is 0.588. The van der Waals surface area contributed by atoms with Gasteiger partial charge in [-0.25, -0.2) is 0 Å². The summed E-state index contributed by atoms with van der Waals surface area (Å²) in [6, 6.07) is 12.9. The highest BCUT2D eigenvalue weighted by Crippen LogP contribution is 2.38. The largest absolute Gasteiger partial charge is 0.259 e. The highest BCUT2D eigenvalue weighted by molar-refractivity contribution is 7.85. The molecule has 1 aliphatic carbocycles. The molecule has 0 saturated heterocycles. The predicted molar refractivity (Wildman–Crippen MR) is 83.8 cm³/mol. The van der Waals surface area contributed by atoms with Crippen LogP contribution in [0.5, 0.6) is 0 Å². The molecule has 4 unspecified atom stereocenters. The van der Waals surface area contributed by atoms with Crippen molar-refractivity contribution in [2.75, 3.05) is 5.75 Å². The van der Waals surface area contributed by atoms with Crippen LogP contribution in [0.3, 0.4) is 0 Å². The zero-order valence-corrected chi connectivity index (χ0v) is 12.9. The maximum atomic E-state index is 12.5. The molecule has 2 nitrogen and oxygen atoms in total. The molecule has 20 heavy (non-hydrogen) atoms. The van der Waals surface area contributed by atoms with Gasteiger partial charge in [-0.2, -0.15) is 5.26 Å². The maximum Gasteiger partial charge on any atom is 0.0668 e. The molecule has 1 saturated carbocycles. The Kier molecular flexibility index (Phi) is 5.79. The van der Waals surface area contributed by atoms with Gasteiger partial charge in [0.1, 0.15) is 0 Å². The monoisotopic (exact) mass is 289 g/mol. The molecule has 4 atom stereocenters. The second-order valence-corrected chi connectivity index (χ2v) is 7.41. The van der Waals surface area contributed by atoms with E-state index in [1.807, 2.05) is 6.07 Å². The Morgan fingerprint density at radius 3 is 2.70 bits per heavy atom. The zero-order chi connectivity index (χ0) is 14.4. The van der Waals surface area contributed by atoms with E-state index in [0.29, 0.717) is 5.92 Å². The van der Waals surface area contributed by atoms with Gasteiger partial charge in [0.2, 0.25) is 0 Å². The van der Waals surface area contributed by atoms with Gasteiger partial charge >= 0.3 is 0 Å². The molecule has 0 heterocycles. The van der Waals surface area contributed by atoms with E-state index in [4.69, 9.17) is 0 Å². The van der Waals surface area contributed by atoms with Gasteiger partial charge in [0.05, 0.1) is 17.2 Å². The molecule has 0 amide bonds. The minimum Gasteiger partial charge on any atom is -0.259 e. The summed E-state index contributed by atoms with van der Waals surface area (Å²) >= 11 is 0. The Bertz CT molecular complexity index is 480. The molecule has 0 N–H and O–H groups in total. The van der Waals surface area contributed by atoms with E-state index in [9.17, 15) is 9.47 Å². The Labute approximate surface area is 124 Å². The van der Waals surface area contributed by atoms with Crippen molar-refractivity contribution in [3.8, 4) is 6.07 Å². The zero-order valence-electron chi connectivity index (χ0n) is 12.1. The van der Waals surface area contributed by atoms with Crippen LogP contribution in [0.2, 0.25) is 0 Å². The number of hydrogen-bond donors (Lipinski definition) is 0. The van der Waals surface area contributed by atoms with Crippen LogP contribution in [0.4, 0.5) is 0 Å². The van der Waals surface area contributed by atoms with Crippen molar-refractivity contribution in [2.24, 2.45) is 5.92 Å². The minimum absolute atomic E-state index is 0.0207. The quantitative estimate of drug-likeness (QED) is 0.821. The SMILES string of the molecule is CCCCS(=O)C1CC(c2ccccc2)CCC1C#N. The average Bonchev–Trinajstić information content (AvgIpc) is 2.52. The van der Waals surface area contributed by atoms with Crippen molar-refractivity contribution >= 4 is 10.8 Å². The average molecular weight is 289 g/mol. The number of unbranched alkanes of at least 4 members (excludes halogenated alkanes) is 1. The Morgan fingerprint density at radius 1 is 1.30 bits per heavy atom. The number of nitriles is 1. The fourth-order valence-corrected chi connectivity index (χ4v) is 4.92. The topological polar surface area (TPSA) is 40.9 Å². The van der Waals surface area contributed by atoms with E-state index in [1.54, 1.807) is 0 Å². The third kappa shape index (κ3) is 3.70. The van der Waals surface area contributed by atoms with E-state index in [1.165, 1.54) is 5.56 Å². The number of nitrogens with zero attached hydrogens (tertiary/aromatic N) is 1. The highest BCUT2D eigenvalue weighted by Gasteiger charge is 2.34. The van der Waals surface area contributed by atoms with Crippen LogP contribution in [0.15, 0.2) is 30.3 Å². The summed E-state index contributed by atoms with van der Waals surface area (Å²) in [5, 5.41) is 9.37. The van der Waals surface area contributed by atoms with Gasteiger partial charge in [-0.1, -0.05) is 43.7 Å². The molecule has 0 aromatic heterocycles. The number of benzene rings is 1.